The van der Waals surface area contributed by atoms with Gasteiger partial charge in [-0.2, -0.15) is 0 Å². The third-order valence-corrected chi connectivity index (χ3v) is 5.26. The first-order chi connectivity index (χ1) is 12.2. The van der Waals surface area contributed by atoms with Gasteiger partial charge in [0, 0.05) is 50.4 Å². The van der Waals surface area contributed by atoms with Crippen LogP contribution in [0.4, 0.5) is 0 Å². The number of pyridine rings is 1. The van der Waals surface area contributed by atoms with E-state index in [0.29, 0.717) is 18.9 Å². The Balaban J connectivity index is 1.87. The van der Waals surface area contributed by atoms with Gasteiger partial charge in [-0.15, -0.1) is 0 Å². The van der Waals surface area contributed by atoms with E-state index in [-0.39, 0.29) is 11.9 Å². The van der Waals surface area contributed by atoms with E-state index in [2.05, 4.69) is 9.97 Å². The first kappa shape index (κ1) is 17.6. The fourth-order valence-electron chi connectivity index (χ4n) is 3.91. The maximum absolute atomic E-state index is 13.1. The summed E-state index contributed by atoms with van der Waals surface area (Å²) in [4.78, 5) is 23.9. The third kappa shape index (κ3) is 4.09. The van der Waals surface area contributed by atoms with Gasteiger partial charge in [-0.05, 0) is 31.7 Å². The Morgan fingerprint density at radius 3 is 2.72 bits per heavy atom. The molecule has 2 aromatic rings. The predicted octanol–water partition coefficient (Wildman–Crippen LogP) is 3.72. The minimum atomic E-state index is -0.185. The molecule has 0 saturated heterocycles. The number of aryl methyl sites for hydroxylation is 1. The molecule has 0 spiro atoms. The monoisotopic (exact) mass is 340 g/mol. The molecule has 5 heteroatoms. The highest BCUT2D eigenvalue weighted by Gasteiger charge is 2.30. The Kier molecular flexibility index (Phi) is 5.84. The molecule has 0 N–H and O–H groups in total. The van der Waals surface area contributed by atoms with Crippen molar-refractivity contribution in [1.29, 1.82) is 0 Å². The summed E-state index contributed by atoms with van der Waals surface area (Å²) in [5, 5.41) is 0. The van der Waals surface area contributed by atoms with Crippen molar-refractivity contribution in [2.45, 2.75) is 51.5 Å². The predicted molar refractivity (Wildman–Crippen MR) is 97.9 cm³/mol. The van der Waals surface area contributed by atoms with Crippen LogP contribution in [0.3, 0.4) is 0 Å². The van der Waals surface area contributed by atoms with E-state index in [1.54, 1.807) is 12.4 Å². The fourth-order valence-corrected chi connectivity index (χ4v) is 3.91. The summed E-state index contributed by atoms with van der Waals surface area (Å²) < 4.78 is 1.99. The number of nitrogens with zero attached hydrogens (tertiary/aromatic N) is 4. The molecule has 0 bridgehead atoms. The van der Waals surface area contributed by atoms with Gasteiger partial charge in [0.15, 0.2) is 0 Å². The van der Waals surface area contributed by atoms with Gasteiger partial charge in [0.25, 0.3) is 0 Å². The third-order valence-electron chi connectivity index (χ3n) is 5.26. The second-order valence-electron chi connectivity index (χ2n) is 6.97. The van der Waals surface area contributed by atoms with Crippen molar-refractivity contribution in [1.82, 2.24) is 19.4 Å². The van der Waals surface area contributed by atoms with Gasteiger partial charge in [0.1, 0.15) is 11.9 Å². The standard InChI is InChI=1S/C20H28N4O/c1-3-24(18(25)14-16-8-5-4-6-9-16)19(17-10-7-11-21-15-17)20-22-12-13-23(20)2/h7,10-13,15-16,19H,3-6,8-9,14H2,1-2H3/t19-/m0/s1. The molecular weight excluding hydrogens is 312 g/mol. The molecule has 0 aromatic carbocycles. The Bertz CT molecular complexity index is 676. The number of carbonyl (C=O) groups excluding carboxylic acids is 1. The largest absolute Gasteiger partial charge is 0.336 e. The smallest absolute Gasteiger partial charge is 0.223 e. The van der Waals surface area contributed by atoms with Crippen molar-refractivity contribution in [2.75, 3.05) is 6.54 Å². The molecule has 0 radical (unpaired) electrons. The van der Waals surface area contributed by atoms with Gasteiger partial charge in [0.2, 0.25) is 5.91 Å². The van der Waals surface area contributed by atoms with Gasteiger partial charge in [-0.3, -0.25) is 9.78 Å². The van der Waals surface area contributed by atoms with E-state index < -0.39 is 0 Å². The lowest BCUT2D eigenvalue weighted by molar-refractivity contribution is -0.134. The van der Waals surface area contributed by atoms with Crippen LogP contribution in [-0.4, -0.2) is 31.9 Å². The second kappa shape index (κ2) is 8.28. The molecule has 1 amide bonds. The molecule has 1 saturated carbocycles. The SMILES string of the molecule is CCN(C(=O)CC1CCCCC1)[C@@H](c1cccnc1)c1nccn1C. The number of rotatable bonds is 6. The Morgan fingerprint density at radius 1 is 1.32 bits per heavy atom. The van der Waals surface area contributed by atoms with Crippen molar-refractivity contribution in [3.8, 4) is 0 Å². The zero-order valence-corrected chi connectivity index (χ0v) is 15.3. The fraction of sp³-hybridized carbons (Fsp3) is 0.550. The molecular formula is C20H28N4O. The van der Waals surface area contributed by atoms with E-state index in [1.165, 1.54) is 32.1 Å². The zero-order valence-electron chi connectivity index (χ0n) is 15.3. The van der Waals surface area contributed by atoms with Crippen LogP contribution in [0.5, 0.6) is 0 Å². The molecule has 0 aliphatic heterocycles. The molecule has 5 nitrogen and oxygen atoms in total. The molecule has 3 rings (SSSR count). The normalized spacial score (nSPS) is 16.6. The van der Waals surface area contributed by atoms with E-state index >= 15 is 0 Å². The summed E-state index contributed by atoms with van der Waals surface area (Å²) in [7, 11) is 1.98. The highest BCUT2D eigenvalue weighted by atomic mass is 16.2. The van der Waals surface area contributed by atoms with Gasteiger partial charge < -0.3 is 9.47 Å². The van der Waals surface area contributed by atoms with E-state index in [0.717, 1.165) is 11.4 Å². The van der Waals surface area contributed by atoms with Gasteiger partial charge in [-0.1, -0.05) is 25.3 Å². The summed E-state index contributed by atoms with van der Waals surface area (Å²) >= 11 is 0. The topological polar surface area (TPSA) is 51.0 Å². The maximum atomic E-state index is 13.1. The number of carbonyl (C=O) groups is 1. The van der Waals surface area contributed by atoms with Crippen LogP contribution in [0.1, 0.15) is 62.9 Å². The Morgan fingerprint density at radius 2 is 2.12 bits per heavy atom. The maximum Gasteiger partial charge on any atom is 0.223 e. The molecule has 0 unspecified atom stereocenters. The molecule has 1 aliphatic rings. The van der Waals surface area contributed by atoms with Crippen LogP contribution >= 0.6 is 0 Å². The highest BCUT2D eigenvalue weighted by Crippen LogP contribution is 2.31. The quantitative estimate of drug-likeness (QED) is 0.805. The van der Waals surface area contributed by atoms with Crippen LogP contribution in [0, 0.1) is 5.92 Å². The van der Waals surface area contributed by atoms with Crippen LogP contribution < -0.4 is 0 Å². The zero-order chi connectivity index (χ0) is 17.6. The van der Waals surface area contributed by atoms with Crippen molar-refractivity contribution >= 4 is 5.91 Å². The molecule has 25 heavy (non-hydrogen) atoms. The van der Waals surface area contributed by atoms with Crippen molar-refractivity contribution in [3.63, 3.8) is 0 Å². The molecule has 1 aliphatic carbocycles. The number of amides is 1. The first-order valence-electron chi connectivity index (χ1n) is 9.37. The van der Waals surface area contributed by atoms with Gasteiger partial charge >= 0.3 is 0 Å². The summed E-state index contributed by atoms with van der Waals surface area (Å²) in [5.74, 6) is 1.64. The number of hydrogen-bond acceptors (Lipinski definition) is 3. The van der Waals surface area contributed by atoms with Crippen molar-refractivity contribution in [3.05, 3.63) is 48.3 Å². The highest BCUT2D eigenvalue weighted by molar-refractivity contribution is 5.77. The summed E-state index contributed by atoms with van der Waals surface area (Å²) in [5.41, 5.74) is 1.01. The molecule has 2 aromatic heterocycles. The Hall–Kier alpha value is -2.17. The number of hydrogen-bond donors (Lipinski definition) is 0. The summed E-state index contributed by atoms with van der Waals surface area (Å²) in [6, 6.07) is 3.77. The molecule has 1 atom stereocenters. The number of imidazole rings is 1. The lowest BCUT2D eigenvalue weighted by atomic mass is 9.86. The molecule has 134 valence electrons. The van der Waals surface area contributed by atoms with Gasteiger partial charge in [0.05, 0.1) is 0 Å². The minimum Gasteiger partial charge on any atom is -0.336 e. The van der Waals surface area contributed by atoms with E-state index in [9.17, 15) is 4.79 Å². The van der Waals surface area contributed by atoms with Crippen LogP contribution in [0.25, 0.3) is 0 Å². The average Bonchev–Trinajstić information content (AvgIpc) is 3.06. The Labute approximate surface area is 150 Å². The van der Waals surface area contributed by atoms with Crippen molar-refractivity contribution in [2.24, 2.45) is 13.0 Å². The number of aromatic nitrogens is 3. The van der Waals surface area contributed by atoms with E-state index in [4.69, 9.17) is 0 Å². The van der Waals surface area contributed by atoms with Crippen LogP contribution in [0.2, 0.25) is 0 Å². The lowest BCUT2D eigenvalue weighted by Crippen LogP contribution is -2.37. The van der Waals surface area contributed by atoms with E-state index in [1.807, 2.05) is 48.0 Å². The van der Waals surface area contributed by atoms with Crippen LogP contribution in [-0.2, 0) is 11.8 Å². The second-order valence-corrected chi connectivity index (χ2v) is 6.97. The molecule has 1 fully saturated rings. The lowest BCUT2D eigenvalue weighted by Gasteiger charge is -2.32. The van der Waals surface area contributed by atoms with Crippen molar-refractivity contribution < 1.29 is 4.79 Å². The molecule has 2 heterocycles. The van der Waals surface area contributed by atoms with Gasteiger partial charge in [-0.25, -0.2) is 4.98 Å². The van der Waals surface area contributed by atoms with Crippen LogP contribution in [0.15, 0.2) is 36.9 Å². The summed E-state index contributed by atoms with van der Waals surface area (Å²) in [6.07, 6.45) is 14.2. The minimum absolute atomic E-state index is 0.185. The summed E-state index contributed by atoms with van der Waals surface area (Å²) in [6.45, 7) is 2.71. The average molecular weight is 340 g/mol. The first-order valence-corrected chi connectivity index (χ1v) is 9.37.